The lowest BCUT2D eigenvalue weighted by molar-refractivity contribution is -0.825. The number of nitrogens with two attached hydrogens (primary N) is 1. The average Bonchev–Trinajstić information content (AvgIpc) is 3.22. The van der Waals surface area contributed by atoms with Crippen molar-refractivity contribution < 1.29 is 25.0 Å². The zero-order valence-electron chi connectivity index (χ0n) is 11.8. The van der Waals surface area contributed by atoms with Gasteiger partial charge in [0.2, 0.25) is 5.16 Å². The average molecular weight is 333 g/mol. The van der Waals surface area contributed by atoms with Gasteiger partial charge in [-0.2, -0.15) is 10.5 Å². The minimum absolute atomic E-state index is 0.102. The molecule has 0 atom stereocenters. The number of aromatic nitrogens is 3. The zero-order chi connectivity index (χ0) is 16.2. The highest BCUT2D eigenvalue weighted by Crippen LogP contribution is 2.27. The van der Waals surface area contributed by atoms with Gasteiger partial charge in [-0.3, -0.25) is 9.89 Å². The Morgan fingerprint density at radius 3 is 2.65 bits per heavy atom. The Hall–Kier alpha value is -2.62. The van der Waals surface area contributed by atoms with Gasteiger partial charge in [0, 0.05) is 17.7 Å². The number of aliphatic carboxylic acids is 1. The maximum Gasteiger partial charge on any atom is 0.313 e. The standard InChI is InChI=1S/C14H12N4O4S/c19-12(20)7-23-14-15-13(16-17-14)11-6-5-10(22-11)8-1-3-9(18-21)4-2-8/h1-6,18,21H,7H2,(H,19,20)(H,15,16,17)/p+1. The van der Waals surface area contributed by atoms with Crippen LogP contribution in [-0.4, -0.2) is 37.2 Å². The Balaban J connectivity index is 1.77. The highest BCUT2D eigenvalue weighted by Gasteiger charge is 2.12. The second-order valence-electron chi connectivity index (χ2n) is 4.56. The summed E-state index contributed by atoms with van der Waals surface area (Å²) in [5.41, 5.74) is 2.60. The zero-order valence-corrected chi connectivity index (χ0v) is 12.6. The van der Waals surface area contributed by atoms with Crippen molar-refractivity contribution in [3.05, 3.63) is 36.4 Å². The molecule has 0 radical (unpaired) electrons. The number of carboxylic acids is 1. The van der Waals surface area contributed by atoms with Crippen LogP contribution in [0.5, 0.6) is 0 Å². The number of thioether (sulfide) groups is 1. The maximum absolute atomic E-state index is 10.5. The fourth-order valence-corrected chi connectivity index (χ4v) is 2.42. The molecule has 2 aromatic heterocycles. The van der Waals surface area contributed by atoms with Gasteiger partial charge < -0.3 is 9.52 Å². The summed E-state index contributed by atoms with van der Waals surface area (Å²) in [4.78, 5) is 14.7. The molecule has 0 unspecified atom stereocenters. The van der Waals surface area contributed by atoms with Crippen molar-refractivity contribution in [3.8, 4) is 22.9 Å². The number of benzene rings is 1. The number of rotatable bonds is 6. The number of quaternary nitrogens is 1. The topological polar surface area (TPSA) is 129 Å². The maximum atomic E-state index is 10.5. The van der Waals surface area contributed by atoms with Crippen LogP contribution in [0, 0.1) is 0 Å². The molecule has 0 aliphatic heterocycles. The third kappa shape index (κ3) is 3.59. The number of nitrogens with one attached hydrogen (secondary N) is 1. The summed E-state index contributed by atoms with van der Waals surface area (Å²) in [6, 6.07) is 10.8. The molecule has 0 amide bonds. The number of aromatic amines is 1. The Morgan fingerprint density at radius 2 is 1.96 bits per heavy atom. The summed E-state index contributed by atoms with van der Waals surface area (Å²) in [5, 5.41) is 24.6. The SMILES string of the molecule is O=C(O)CSc1n[nH]c(-c2ccc(-c3ccc([NH2+]O)cc3)o2)n1. The lowest BCUT2D eigenvalue weighted by atomic mass is 10.1. The van der Waals surface area contributed by atoms with Crippen LogP contribution in [0.15, 0.2) is 46.0 Å². The summed E-state index contributed by atoms with van der Waals surface area (Å²) < 4.78 is 5.74. The van der Waals surface area contributed by atoms with Gasteiger partial charge in [-0.25, -0.2) is 5.21 Å². The van der Waals surface area contributed by atoms with Gasteiger partial charge in [0.25, 0.3) is 0 Å². The van der Waals surface area contributed by atoms with Crippen molar-refractivity contribution in [3.63, 3.8) is 0 Å². The molecule has 3 rings (SSSR count). The summed E-state index contributed by atoms with van der Waals surface area (Å²) in [6.07, 6.45) is 0. The molecule has 2 heterocycles. The number of H-pyrrole nitrogens is 1. The van der Waals surface area contributed by atoms with E-state index in [0.29, 0.717) is 28.2 Å². The smallest absolute Gasteiger partial charge is 0.313 e. The van der Waals surface area contributed by atoms with Gasteiger partial charge >= 0.3 is 5.97 Å². The first-order valence-electron chi connectivity index (χ1n) is 6.61. The van der Waals surface area contributed by atoms with E-state index in [2.05, 4.69) is 15.2 Å². The molecule has 5 N–H and O–H groups in total. The second-order valence-corrected chi connectivity index (χ2v) is 5.51. The molecule has 0 bridgehead atoms. The number of hydrogen-bond acceptors (Lipinski definition) is 6. The molecule has 0 saturated carbocycles. The van der Waals surface area contributed by atoms with E-state index >= 15 is 0 Å². The largest absolute Gasteiger partial charge is 0.481 e. The number of hydrogen-bond donors (Lipinski definition) is 4. The number of carbonyl (C=O) groups is 1. The molecule has 3 aromatic rings. The monoisotopic (exact) mass is 333 g/mol. The first kappa shape index (κ1) is 15.3. The normalized spacial score (nSPS) is 10.8. The highest BCUT2D eigenvalue weighted by molar-refractivity contribution is 7.99. The molecule has 23 heavy (non-hydrogen) atoms. The van der Waals surface area contributed by atoms with Crippen LogP contribution in [0.2, 0.25) is 0 Å². The molecule has 9 heteroatoms. The number of nitrogens with zero attached hydrogens (tertiary/aromatic N) is 2. The van der Waals surface area contributed by atoms with Gasteiger partial charge in [0.1, 0.15) is 5.76 Å². The van der Waals surface area contributed by atoms with Crippen molar-refractivity contribution in [2.75, 3.05) is 5.75 Å². The van der Waals surface area contributed by atoms with Crippen LogP contribution < -0.4 is 5.48 Å². The molecule has 118 valence electrons. The predicted molar refractivity (Wildman–Crippen MR) is 81.3 cm³/mol. The summed E-state index contributed by atoms with van der Waals surface area (Å²) in [6.45, 7) is 0. The van der Waals surface area contributed by atoms with Crippen molar-refractivity contribution >= 4 is 23.4 Å². The van der Waals surface area contributed by atoms with E-state index in [1.807, 2.05) is 12.1 Å². The number of furan rings is 1. The lowest BCUT2D eigenvalue weighted by Gasteiger charge is -1.97. The third-order valence-electron chi connectivity index (χ3n) is 2.97. The van der Waals surface area contributed by atoms with Crippen molar-refractivity contribution in [2.45, 2.75) is 5.16 Å². The number of carboxylic acid groups (broad SMARTS) is 1. The Labute approximate surface area is 134 Å². The lowest BCUT2D eigenvalue weighted by Crippen LogP contribution is -2.73. The molecular formula is C14H13N4O4S+. The van der Waals surface area contributed by atoms with Gasteiger partial charge in [-0.05, 0) is 24.3 Å². The predicted octanol–water partition coefficient (Wildman–Crippen LogP) is 1.49. The first-order chi connectivity index (χ1) is 11.2. The van der Waals surface area contributed by atoms with Crippen molar-refractivity contribution in [2.24, 2.45) is 0 Å². The van der Waals surface area contributed by atoms with E-state index in [4.69, 9.17) is 14.7 Å². The van der Waals surface area contributed by atoms with E-state index in [1.165, 1.54) is 0 Å². The van der Waals surface area contributed by atoms with E-state index < -0.39 is 5.97 Å². The summed E-state index contributed by atoms with van der Waals surface area (Å²) >= 11 is 1.03. The van der Waals surface area contributed by atoms with Gasteiger partial charge in [0.05, 0.1) is 5.75 Å². The molecular weight excluding hydrogens is 320 g/mol. The molecule has 0 fully saturated rings. The summed E-state index contributed by atoms with van der Waals surface area (Å²) in [7, 11) is 0. The van der Waals surface area contributed by atoms with Gasteiger partial charge in [0.15, 0.2) is 17.3 Å². The summed E-state index contributed by atoms with van der Waals surface area (Å²) in [5.74, 6) is 0.567. The van der Waals surface area contributed by atoms with E-state index in [-0.39, 0.29) is 5.75 Å². The Morgan fingerprint density at radius 1 is 1.22 bits per heavy atom. The van der Waals surface area contributed by atoms with Gasteiger partial charge in [-0.15, -0.1) is 5.10 Å². The fourth-order valence-electron chi connectivity index (χ4n) is 1.90. The van der Waals surface area contributed by atoms with Crippen LogP contribution in [0.4, 0.5) is 5.69 Å². The van der Waals surface area contributed by atoms with E-state index in [1.54, 1.807) is 24.3 Å². The molecule has 0 aliphatic rings. The quantitative estimate of drug-likeness (QED) is 0.305. The Kier molecular flexibility index (Phi) is 4.42. The van der Waals surface area contributed by atoms with Gasteiger partial charge in [-0.1, -0.05) is 11.8 Å². The third-order valence-corrected chi connectivity index (χ3v) is 3.81. The van der Waals surface area contributed by atoms with Crippen LogP contribution in [0.3, 0.4) is 0 Å². The molecule has 0 spiro atoms. The van der Waals surface area contributed by atoms with E-state index in [0.717, 1.165) is 22.8 Å². The minimum atomic E-state index is -0.926. The molecule has 1 aromatic carbocycles. The van der Waals surface area contributed by atoms with Crippen molar-refractivity contribution in [1.29, 1.82) is 0 Å². The van der Waals surface area contributed by atoms with Crippen LogP contribution in [0.25, 0.3) is 22.9 Å². The van der Waals surface area contributed by atoms with Crippen LogP contribution in [-0.2, 0) is 4.79 Å². The van der Waals surface area contributed by atoms with Crippen molar-refractivity contribution in [1.82, 2.24) is 15.2 Å². The molecule has 8 nitrogen and oxygen atoms in total. The van der Waals surface area contributed by atoms with E-state index in [9.17, 15) is 4.79 Å². The Bertz CT molecular complexity index is 812. The minimum Gasteiger partial charge on any atom is -0.481 e. The van der Waals surface area contributed by atoms with Crippen LogP contribution >= 0.6 is 11.8 Å². The molecule has 0 aliphatic carbocycles. The molecule has 0 saturated heterocycles. The second kappa shape index (κ2) is 6.65. The highest BCUT2D eigenvalue weighted by atomic mass is 32.2. The fraction of sp³-hybridized carbons (Fsp3) is 0.0714. The first-order valence-corrected chi connectivity index (χ1v) is 7.59. The van der Waals surface area contributed by atoms with Crippen LogP contribution in [0.1, 0.15) is 0 Å².